The Labute approximate surface area is 325 Å². The molecule has 0 aromatic heterocycles. The number of nitrogens with one attached hydrogen (secondary N) is 2. The predicted molar refractivity (Wildman–Crippen MR) is 201 cm³/mol. The lowest BCUT2D eigenvalue weighted by Crippen LogP contribution is -2.33. The monoisotopic (exact) mass is 806 g/mol. The average molecular weight is 807 g/mol. The third-order valence-corrected chi connectivity index (χ3v) is 10.2. The van der Waals surface area contributed by atoms with Gasteiger partial charge in [0.2, 0.25) is 0 Å². The Hall–Kier alpha value is -4.83. The molecule has 0 spiro atoms. The number of fused-ring (bicyclic) bond motifs is 2. The Morgan fingerprint density at radius 3 is 1.77 bits per heavy atom. The molecule has 2 aliphatic rings. The van der Waals surface area contributed by atoms with Crippen molar-refractivity contribution in [1.82, 2.24) is 9.80 Å². The van der Waals surface area contributed by atoms with Crippen LogP contribution in [0.25, 0.3) is 0 Å². The van der Waals surface area contributed by atoms with Gasteiger partial charge < -0.3 is 30.1 Å². The van der Waals surface area contributed by atoms with Crippen LogP contribution in [0.5, 0.6) is 11.5 Å². The van der Waals surface area contributed by atoms with E-state index in [2.05, 4.69) is 15.5 Å². The quantitative estimate of drug-likeness (QED) is 0.154. The van der Waals surface area contributed by atoms with E-state index >= 15 is 0 Å². The first-order valence-corrected chi connectivity index (χ1v) is 17.9. The van der Waals surface area contributed by atoms with Crippen molar-refractivity contribution in [3.63, 3.8) is 0 Å². The van der Waals surface area contributed by atoms with Crippen LogP contribution < -0.4 is 20.1 Å². The Balaban J connectivity index is 0.000000215. The van der Waals surface area contributed by atoms with Crippen molar-refractivity contribution in [2.24, 2.45) is 0 Å². The number of hydrogen-bond donors (Lipinski definition) is 3. The number of carbonyl (C=O) groups is 2. The largest absolute Gasteiger partial charge is 0.496 e. The molecule has 56 heavy (non-hydrogen) atoms. The zero-order valence-corrected chi connectivity index (χ0v) is 31.8. The molecule has 2 amide bonds. The minimum absolute atomic E-state index is 0.0301. The molecule has 0 saturated carbocycles. The molecule has 0 saturated heterocycles. The van der Waals surface area contributed by atoms with Crippen LogP contribution in [-0.4, -0.2) is 74.2 Å². The number of nitrogens with zero attached hydrogens (tertiary/aromatic N) is 2. The van der Waals surface area contributed by atoms with Crippen molar-refractivity contribution in [1.29, 1.82) is 0 Å². The van der Waals surface area contributed by atoms with Crippen molar-refractivity contribution in [2.45, 2.75) is 45.2 Å². The van der Waals surface area contributed by atoms with Crippen LogP contribution in [-0.2, 0) is 38.3 Å². The average Bonchev–Trinajstić information content (AvgIpc) is 3.16. The molecule has 0 fully saturated rings. The third-order valence-electron chi connectivity index (χ3n) is 9.75. The van der Waals surface area contributed by atoms with Crippen molar-refractivity contribution in [2.75, 3.05) is 58.1 Å². The number of benzene rings is 4. The van der Waals surface area contributed by atoms with Gasteiger partial charge >= 0.3 is 12.4 Å². The number of anilines is 2. The summed E-state index contributed by atoms with van der Waals surface area (Å²) in [5, 5.41) is 14.8. The molecule has 2 heterocycles. The van der Waals surface area contributed by atoms with E-state index in [0.717, 1.165) is 93.2 Å². The molecule has 0 aliphatic carbocycles. The number of methoxy groups -OCH3 is 2. The molecule has 0 bridgehead atoms. The van der Waals surface area contributed by atoms with Gasteiger partial charge in [0, 0.05) is 49.5 Å². The van der Waals surface area contributed by atoms with Gasteiger partial charge in [-0.2, -0.15) is 26.3 Å². The van der Waals surface area contributed by atoms with E-state index in [1.54, 1.807) is 6.07 Å². The first-order chi connectivity index (χ1) is 26.4. The van der Waals surface area contributed by atoms with Crippen LogP contribution in [0.3, 0.4) is 0 Å². The molecule has 3 N–H and O–H groups in total. The number of β-amino-alcohol motifs (C(OH)–C–C–N with tert-alkyl or cyclic N) is 1. The summed E-state index contributed by atoms with van der Waals surface area (Å²) in [6.45, 7) is 5.54. The van der Waals surface area contributed by atoms with Crippen LogP contribution in [0.4, 0.5) is 37.7 Å². The second-order valence-corrected chi connectivity index (χ2v) is 13.8. The molecular formula is C40H41ClF6N4O5. The summed E-state index contributed by atoms with van der Waals surface area (Å²) in [5.41, 5.74) is 3.94. The maximum atomic E-state index is 13.2. The van der Waals surface area contributed by atoms with Gasteiger partial charge in [-0.1, -0.05) is 23.7 Å². The number of rotatable bonds is 8. The Morgan fingerprint density at radius 1 is 0.750 bits per heavy atom. The number of likely N-dealkylation sites (N-methyl/N-ethyl adjacent to an activating group) is 1. The molecule has 4 aromatic carbocycles. The first kappa shape index (κ1) is 42.3. The van der Waals surface area contributed by atoms with Crippen molar-refractivity contribution >= 4 is 34.8 Å². The number of halogens is 7. The Bertz CT molecular complexity index is 2090. The van der Waals surface area contributed by atoms with Gasteiger partial charge in [-0.15, -0.1) is 0 Å². The first-order valence-electron chi connectivity index (χ1n) is 17.5. The van der Waals surface area contributed by atoms with Crippen LogP contribution in [0.1, 0.15) is 59.7 Å². The van der Waals surface area contributed by atoms with Gasteiger partial charge in [-0.25, -0.2) is 0 Å². The summed E-state index contributed by atoms with van der Waals surface area (Å²) in [7, 11) is 4.33. The molecule has 16 heteroatoms. The summed E-state index contributed by atoms with van der Waals surface area (Å²) in [4.78, 5) is 29.3. The fourth-order valence-electron chi connectivity index (χ4n) is 6.67. The topological polar surface area (TPSA) is 103 Å². The number of alkyl halides is 6. The van der Waals surface area contributed by atoms with E-state index in [9.17, 15) is 35.9 Å². The fraction of sp³-hybridized carbons (Fsp3) is 0.350. The number of amides is 2. The zero-order valence-electron chi connectivity index (χ0n) is 31.1. The summed E-state index contributed by atoms with van der Waals surface area (Å²) in [6, 6.07) is 13.7. The van der Waals surface area contributed by atoms with E-state index in [0.29, 0.717) is 29.5 Å². The molecular weight excluding hydrogens is 766 g/mol. The summed E-state index contributed by atoms with van der Waals surface area (Å²) < 4.78 is 88.6. The lowest BCUT2D eigenvalue weighted by molar-refractivity contribution is -0.139. The van der Waals surface area contributed by atoms with Crippen LogP contribution in [0.15, 0.2) is 60.7 Å². The Kier molecular flexibility index (Phi) is 13.3. The zero-order chi connectivity index (χ0) is 40.9. The minimum Gasteiger partial charge on any atom is -0.496 e. The van der Waals surface area contributed by atoms with Gasteiger partial charge in [0.1, 0.15) is 11.5 Å². The van der Waals surface area contributed by atoms with Crippen molar-refractivity contribution in [3.8, 4) is 11.5 Å². The third kappa shape index (κ3) is 9.75. The molecule has 6 rings (SSSR count). The molecule has 0 radical (unpaired) electrons. The molecule has 4 aromatic rings. The maximum Gasteiger partial charge on any atom is 0.419 e. The van der Waals surface area contributed by atoms with E-state index in [1.807, 2.05) is 37.1 Å². The molecule has 2 aliphatic heterocycles. The number of aliphatic hydroxyl groups excluding tert-OH is 1. The van der Waals surface area contributed by atoms with Crippen LogP contribution in [0, 0.1) is 6.92 Å². The summed E-state index contributed by atoms with van der Waals surface area (Å²) in [6.07, 6.45) is -7.56. The lowest BCUT2D eigenvalue weighted by atomic mass is 9.94. The highest BCUT2D eigenvalue weighted by molar-refractivity contribution is 6.34. The fourth-order valence-corrected chi connectivity index (χ4v) is 6.96. The number of aliphatic hydroxyl groups is 1. The molecule has 9 nitrogen and oxygen atoms in total. The van der Waals surface area contributed by atoms with Gasteiger partial charge in [-0.3, -0.25) is 14.5 Å². The molecule has 0 atom stereocenters. The standard InChI is InChI=1S/C20H20ClF3N2O3.C20H21F3N2O2/c1-29-17-5-3-13(10-15(17)20(22,23)24)19(28)25-16-4-2-12-6-7-26(8-9-27)11-14(12)18(16)21;1-12-15-11-25(2)9-8-13(15)4-6-17(12)24-19(26)14-5-7-18(27-3)16(10-14)20(21,22)23/h2-5,10,27H,6-9,11H2,1H3,(H,25,28);4-7,10H,8-9,11H2,1-3H3,(H,24,26). The highest BCUT2D eigenvalue weighted by Crippen LogP contribution is 2.39. The minimum atomic E-state index is -4.65. The second-order valence-electron chi connectivity index (χ2n) is 13.4. The van der Waals surface area contributed by atoms with Crippen molar-refractivity contribution in [3.05, 3.63) is 116 Å². The van der Waals surface area contributed by atoms with Gasteiger partial charge in [0.05, 0.1) is 42.7 Å². The highest BCUT2D eigenvalue weighted by Gasteiger charge is 2.36. The number of hydrogen-bond acceptors (Lipinski definition) is 7. The van der Waals surface area contributed by atoms with Crippen LogP contribution in [0.2, 0.25) is 5.02 Å². The van der Waals surface area contributed by atoms with Gasteiger partial charge in [-0.05, 0) is 103 Å². The smallest absolute Gasteiger partial charge is 0.419 e. The number of ether oxygens (including phenoxy) is 2. The predicted octanol–water partition coefficient (Wildman–Crippen LogP) is 8.23. The molecule has 0 unspecified atom stereocenters. The summed E-state index contributed by atoms with van der Waals surface area (Å²) >= 11 is 6.47. The van der Waals surface area contributed by atoms with E-state index in [-0.39, 0.29) is 29.2 Å². The van der Waals surface area contributed by atoms with Gasteiger partial charge in [0.25, 0.3) is 11.8 Å². The van der Waals surface area contributed by atoms with E-state index < -0.39 is 35.3 Å². The number of carbonyl (C=O) groups excluding carboxylic acids is 2. The van der Waals surface area contributed by atoms with Crippen molar-refractivity contribution < 1.29 is 50.5 Å². The maximum absolute atomic E-state index is 13.2. The summed E-state index contributed by atoms with van der Waals surface area (Å²) in [5.74, 6) is -1.96. The lowest BCUT2D eigenvalue weighted by Gasteiger charge is -2.29. The SMILES string of the molecule is COc1ccc(C(=O)Nc2ccc3c(c2C)CN(C)CC3)cc1C(F)(F)F.COc1ccc(C(=O)Nc2ccc3c(c2Cl)CN(CCO)CC3)cc1C(F)(F)F. The van der Waals surface area contributed by atoms with Crippen LogP contribution >= 0.6 is 11.6 Å². The molecule has 300 valence electrons. The normalized spacial score (nSPS) is 14.5. The highest BCUT2D eigenvalue weighted by atomic mass is 35.5. The Morgan fingerprint density at radius 2 is 1.25 bits per heavy atom. The second kappa shape index (κ2) is 17.5. The van der Waals surface area contributed by atoms with E-state index in [4.69, 9.17) is 26.2 Å². The van der Waals surface area contributed by atoms with Gasteiger partial charge in [0.15, 0.2) is 0 Å². The van der Waals surface area contributed by atoms with E-state index in [1.165, 1.54) is 17.7 Å².